The third kappa shape index (κ3) is 5.04. The molecule has 1 atom stereocenters. The molecule has 4 N–H and O–H groups in total. The Morgan fingerprint density at radius 2 is 2.19 bits per heavy atom. The van der Waals surface area contributed by atoms with E-state index >= 15 is 0 Å². The van der Waals surface area contributed by atoms with E-state index in [0.717, 1.165) is 24.9 Å². The minimum Gasteiger partial charge on any atom is -0.480 e. The SMILES string of the molecule is CCCC[C@@H](CCO)Nc1nc(N)ncc1OCc1nc2ccccn2n1. The van der Waals surface area contributed by atoms with Crippen molar-refractivity contribution >= 4 is 17.4 Å². The van der Waals surface area contributed by atoms with Crippen molar-refractivity contribution in [3.63, 3.8) is 0 Å². The summed E-state index contributed by atoms with van der Waals surface area (Å²) in [5.74, 6) is 1.71. The summed E-state index contributed by atoms with van der Waals surface area (Å²) in [7, 11) is 0. The van der Waals surface area contributed by atoms with Gasteiger partial charge in [-0.1, -0.05) is 25.8 Å². The highest BCUT2D eigenvalue weighted by Gasteiger charge is 2.14. The van der Waals surface area contributed by atoms with Crippen molar-refractivity contribution in [1.29, 1.82) is 0 Å². The molecule has 3 heterocycles. The first-order chi connectivity index (χ1) is 13.2. The maximum Gasteiger partial charge on any atom is 0.222 e. The zero-order valence-electron chi connectivity index (χ0n) is 15.4. The summed E-state index contributed by atoms with van der Waals surface area (Å²) < 4.78 is 7.54. The van der Waals surface area contributed by atoms with Crippen molar-refractivity contribution in [2.75, 3.05) is 17.7 Å². The summed E-state index contributed by atoms with van der Waals surface area (Å²) in [4.78, 5) is 12.7. The average molecular weight is 371 g/mol. The van der Waals surface area contributed by atoms with Gasteiger partial charge in [0.05, 0.1) is 6.20 Å². The van der Waals surface area contributed by atoms with Crippen molar-refractivity contribution in [3.8, 4) is 5.75 Å². The maximum atomic E-state index is 9.31. The predicted molar refractivity (Wildman–Crippen MR) is 102 cm³/mol. The largest absolute Gasteiger partial charge is 0.480 e. The Morgan fingerprint density at radius 1 is 1.30 bits per heavy atom. The Balaban J connectivity index is 1.72. The van der Waals surface area contributed by atoms with Crippen LogP contribution in [0.25, 0.3) is 5.65 Å². The molecule has 0 aromatic carbocycles. The smallest absolute Gasteiger partial charge is 0.222 e. The van der Waals surface area contributed by atoms with Crippen LogP contribution < -0.4 is 15.8 Å². The number of hydrogen-bond acceptors (Lipinski definition) is 8. The lowest BCUT2D eigenvalue weighted by molar-refractivity contribution is 0.274. The van der Waals surface area contributed by atoms with Gasteiger partial charge in [-0.2, -0.15) is 4.98 Å². The second kappa shape index (κ2) is 9.13. The third-order valence-electron chi connectivity index (χ3n) is 4.14. The van der Waals surface area contributed by atoms with Crippen LogP contribution in [-0.4, -0.2) is 42.3 Å². The van der Waals surface area contributed by atoms with Crippen LogP contribution in [0.4, 0.5) is 11.8 Å². The molecule has 0 radical (unpaired) electrons. The number of anilines is 2. The fourth-order valence-corrected chi connectivity index (χ4v) is 2.76. The highest BCUT2D eigenvalue weighted by molar-refractivity contribution is 5.51. The summed E-state index contributed by atoms with van der Waals surface area (Å²) in [6, 6.07) is 5.75. The molecule has 0 bridgehead atoms. The highest BCUT2D eigenvalue weighted by atomic mass is 16.5. The van der Waals surface area contributed by atoms with E-state index in [0.29, 0.717) is 23.8 Å². The molecule has 0 fully saturated rings. The number of pyridine rings is 1. The molecule has 0 saturated carbocycles. The van der Waals surface area contributed by atoms with Crippen LogP contribution in [-0.2, 0) is 6.61 Å². The van der Waals surface area contributed by atoms with Gasteiger partial charge in [-0.25, -0.2) is 14.5 Å². The van der Waals surface area contributed by atoms with Crippen molar-refractivity contribution in [2.24, 2.45) is 0 Å². The summed E-state index contributed by atoms with van der Waals surface area (Å²) >= 11 is 0. The summed E-state index contributed by atoms with van der Waals surface area (Å²) in [6.07, 6.45) is 7.05. The number of aliphatic hydroxyl groups is 1. The van der Waals surface area contributed by atoms with Crippen molar-refractivity contribution in [1.82, 2.24) is 24.6 Å². The monoisotopic (exact) mass is 371 g/mol. The maximum absolute atomic E-state index is 9.31. The molecule has 0 unspecified atom stereocenters. The van der Waals surface area contributed by atoms with Gasteiger partial charge in [-0.3, -0.25) is 0 Å². The first kappa shape index (κ1) is 18.8. The number of nitrogens with one attached hydrogen (secondary N) is 1. The second-order valence-corrected chi connectivity index (χ2v) is 6.26. The normalized spacial score (nSPS) is 12.2. The molecular weight excluding hydrogens is 346 g/mol. The highest BCUT2D eigenvalue weighted by Crippen LogP contribution is 2.24. The fraction of sp³-hybridized carbons (Fsp3) is 0.444. The van der Waals surface area contributed by atoms with E-state index in [-0.39, 0.29) is 25.2 Å². The molecule has 0 amide bonds. The molecule has 9 nitrogen and oxygen atoms in total. The van der Waals surface area contributed by atoms with E-state index in [2.05, 4.69) is 32.3 Å². The zero-order chi connectivity index (χ0) is 19.1. The average Bonchev–Trinajstić information content (AvgIpc) is 3.08. The van der Waals surface area contributed by atoms with Gasteiger partial charge in [0.15, 0.2) is 23.0 Å². The van der Waals surface area contributed by atoms with Gasteiger partial charge < -0.3 is 20.9 Å². The molecule has 0 spiro atoms. The van der Waals surface area contributed by atoms with Crippen LogP contribution in [0.5, 0.6) is 5.75 Å². The number of fused-ring (bicyclic) bond motifs is 1. The van der Waals surface area contributed by atoms with Gasteiger partial charge >= 0.3 is 0 Å². The van der Waals surface area contributed by atoms with Gasteiger partial charge in [0.25, 0.3) is 0 Å². The first-order valence-electron chi connectivity index (χ1n) is 9.12. The lowest BCUT2D eigenvalue weighted by Crippen LogP contribution is -2.22. The fourth-order valence-electron chi connectivity index (χ4n) is 2.76. The van der Waals surface area contributed by atoms with Crippen LogP contribution in [0.2, 0.25) is 0 Å². The van der Waals surface area contributed by atoms with Gasteiger partial charge in [0, 0.05) is 18.8 Å². The van der Waals surface area contributed by atoms with Gasteiger partial charge in [0.1, 0.15) is 6.61 Å². The van der Waals surface area contributed by atoms with Crippen LogP contribution in [0.3, 0.4) is 0 Å². The summed E-state index contributed by atoms with van der Waals surface area (Å²) in [5, 5.41) is 17.0. The number of nitrogen functional groups attached to an aromatic ring is 1. The van der Waals surface area contributed by atoms with E-state index in [1.54, 1.807) is 4.52 Å². The molecule has 3 rings (SSSR count). The van der Waals surface area contributed by atoms with E-state index in [9.17, 15) is 5.11 Å². The van der Waals surface area contributed by atoms with Gasteiger partial charge in [0.2, 0.25) is 5.95 Å². The molecule has 3 aromatic heterocycles. The van der Waals surface area contributed by atoms with E-state index < -0.39 is 0 Å². The number of aliphatic hydroxyl groups excluding tert-OH is 1. The zero-order valence-corrected chi connectivity index (χ0v) is 15.4. The third-order valence-corrected chi connectivity index (χ3v) is 4.14. The molecular formula is C18H25N7O2. The number of ether oxygens (including phenoxy) is 1. The number of nitrogens with zero attached hydrogens (tertiary/aromatic N) is 5. The Hall–Kier alpha value is -2.94. The van der Waals surface area contributed by atoms with Gasteiger partial charge in [-0.05, 0) is 25.0 Å². The molecule has 0 aliphatic carbocycles. The molecule has 144 valence electrons. The second-order valence-electron chi connectivity index (χ2n) is 6.26. The van der Waals surface area contributed by atoms with E-state index in [1.807, 2.05) is 24.4 Å². The molecule has 0 aliphatic rings. The van der Waals surface area contributed by atoms with Crippen molar-refractivity contribution < 1.29 is 9.84 Å². The molecule has 3 aromatic rings. The Kier molecular flexibility index (Phi) is 6.37. The van der Waals surface area contributed by atoms with Crippen molar-refractivity contribution in [3.05, 3.63) is 36.4 Å². The van der Waals surface area contributed by atoms with E-state index in [4.69, 9.17) is 10.5 Å². The van der Waals surface area contributed by atoms with E-state index in [1.165, 1.54) is 6.20 Å². The lowest BCUT2D eigenvalue weighted by atomic mass is 10.1. The standard InChI is InChI=1S/C18H25N7O2/c1-2-3-6-13(8-10-26)21-17-14(11-20-18(19)23-17)27-12-15-22-16-7-4-5-9-25(16)24-15/h4-5,7,9,11,13,26H,2-3,6,8,10,12H2,1H3,(H3,19,20,21,23)/t13-/m0/s1. The van der Waals surface area contributed by atoms with Crippen LogP contribution in [0, 0.1) is 0 Å². The molecule has 0 aliphatic heterocycles. The summed E-state index contributed by atoms with van der Waals surface area (Å²) in [6.45, 7) is 2.42. The van der Waals surface area contributed by atoms with Crippen LogP contribution in [0.15, 0.2) is 30.6 Å². The molecule has 9 heteroatoms. The quantitative estimate of drug-likeness (QED) is 0.495. The number of aromatic nitrogens is 5. The Bertz CT molecular complexity index is 835. The molecule has 27 heavy (non-hydrogen) atoms. The number of hydrogen-bond donors (Lipinski definition) is 3. The van der Waals surface area contributed by atoms with Crippen molar-refractivity contribution in [2.45, 2.75) is 45.3 Å². The van der Waals surface area contributed by atoms with Crippen LogP contribution >= 0.6 is 0 Å². The number of rotatable bonds is 10. The lowest BCUT2D eigenvalue weighted by Gasteiger charge is -2.20. The number of unbranched alkanes of at least 4 members (excludes halogenated alkanes) is 1. The minimum atomic E-state index is 0.0833. The molecule has 0 saturated heterocycles. The Morgan fingerprint density at radius 3 is 2.96 bits per heavy atom. The summed E-state index contributed by atoms with van der Waals surface area (Å²) in [5.41, 5.74) is 6.50. The van der Waals surface area contributed by atoms with Gasteiger partial charge in [-0.15, -0.1) is 5.10 Å². The predicted octanol–water partition coefficient (Wildman–Crippen LogP) is 2.03. The first-order valence-corrected chi connectivity index (χ1v) is 9.12. The Labute approximate surface area is 157 Å². The van der Waals surface area contributed by atoms with Crippen LogP contribution in [0.1, 0.15) is 38.4 Å². The topological polar surface area (TPSA) is 123 Å². The number of nitrogens with two attached hydrogens (primary N) is 1. The minimum absolute atomic E-state index is 0.0833.